The molecule has 0 radical (unpaired) electrons. The maximum atomic E-state index is 12.9. The van der Waals surface area contributed by atoms with Crippen molar-refractivity contribution in [2.45, 2.75) is 244 Å². The van der Waals surface area contributed by atoms with Crippen molar-refractivity contribution in [3.8, 4) is 0 Å². The van der Waals surface area contributed by atoms with Crippen LogP contribution in [-0.4, -0.2) is 68.5 Å². The Balaban J connectivity index is 0. The molecule has 2 N–H and O–H groups in total. The number of nitrogens with zero attached hydrogens (tertiary/aromatic N) is 1. The Morgan fingerprint density at radius 1 is 0.614 bits per heavy atom. The summed E-state index contributed by atoms with van der Waals surface area (Å²) in [4.78, 5) is 25.4. The number of amides is 1. The van der Waals surface area contributed by atoms with Gasteiger partial charge in [-0.05, 0) is 38.5 Å². The molecule has 0 saturated heterocycles. The first-order chi connectivity index (χ1) is 27.0. The van der Waals surface area contributed by atoms with Crippen LogP contribution in [0.3, 0.4) is 0 Å². The van der Waals surface area contributed by atoms with Crippen molar-refractivity contribution in [2.75, 3.05) is 40.9 Å². The second-order valence-electron chi connectivity index (χ2n) is 17.8. The molecular weight excluding hydrogens is 742 g/mol. The zero-order valence-corrected chi connectivity index (χ0v) is 41.7. The standard InChI is InChI=1S/C47H95N2O6P.Na/c1-6-8-10-12-14-16-18-20-21-22-23-24-25-26-27-29-31-33-35-37-39-41-47(51)48-45(44-55-56(52,53)54-43-42-49(3,4)5)46(50)40-38-36-34-32-30-28-19-17-15-13-11-9-7-2;/h20-21,45-46,50H,6-19,22-44H2,1-5H3,(H-,48,51,52,53);/q;+1/b21-20-;. The molecule has 10 heteroatoms. The van der Waals surface area contributed by atoms with Gasteiger partial charge in [-0.2, -0.15) is 0 Å². The average molecular weight is 838 g/mol. The van der Waals surface area contributed by atoms with E-state index >= 15 is 0 Å². The number of hydrogen-bond acceptors (Lipinski definition) is 6. The number of carbonyl (C=O) groups is 1. The van der Waals surface area contributed by atoms with Crippen molar-refractivity contribution >= 4 is 13.7 Å². The van der Waals surface area contributed by atoms with E-state index in [0.717, 1.165) is 38.5 Å². The van der Waals surface area contributed by atoms with Gasteiger partial charge in [-0.1, -0.05) is 199 Å². The average Bonchev–Trinajstić information content (AvgIpc) is 3.15. The fourth-order valence-corrected chi connectivity index (χ4v) is 7.88. The summed E-state index contributed by atoms with van der Waals surface area (Å²) >= 11 is 0. The van der Waals surface area contributed by atoms with E-state index in [1.807, 2.05) is 21.1 Å². The maximum absolute atomic E-state index is 12.9. The number of carbonyl (C=O) groups excluding carboxylic acids is 1. The van der Waals surface area contributed by atoms with Crippen LogP contribution >= 0.6 is 7.82 Å². The molecular formula is C47H95N2NaO6P+. The van der Waals surface area contributed by atoms with Gasteiger partial charge in [0.1, 0.15) is 13.2 Å². The second-order valence-corrected chi connectivity index (χ2v) is 19.2. The Kier molecular flexibility index (Phi) is 44.7. The van der Waals surface area contributed by atoms with Crippen LogP contribution in [-0.2, 0) is 18.4 Å². The molecule has 0 spiro atoms. The summed E-state index contributed by atoms with van der Waals surface area (Å²) in [5.74, 6) is -0.164. The number of nitrogens with one attached hydrogen (secondary N) is 1. The first-order valence-corrected chi connectivity index (χ1v) is 25.5. The van der Waals surface area contributed by atoms with E-state index in [4.69, 9.17) is 9.05 Å². The molecule has 0 fully saturated rings. The number of phosphoric ester groups is 1. The summed E-state index contributed by atoms with van der Waals surface area (Å²) in [6.07, 6.45) is 45.0. The molecule has 0 rings (SSSR count). The molecule has 0 aliphatic rings. The van der Waals surface area contributed by atoms with Gasteiger partial charge in [-0.25, -0.2) is 0 Å². The molecule has 8 nitrogen and oxygen atoms in total. The third kappa shape index (κ3) is 45.6. The van der Waals surface area contributed by atoms with Crippen LogP contribution in [0.1, 0.15) is 232 Å². The Hall–Kier alpha value is 0.240. The van der Waals surface area contributed by atoms with E-state index in [0.29, 0.717) is 23.9 Å². The first kappa shape index (κ1) is 59.3. The third-order valence-corrected chi connectivity index (χ3v) is 12.0. The number of phosphoric acid groups is 1. The van der Waals surface area contributed by atoms with E-state index < -0.39 is 20.0 Å². The van der Waals surface area contributed by atoms with Crippen molar-refractivity contribution in [1.29, 1.82) is 0 Å². The van der Waals surface area contributed by atoms with Gasteiger partial charge in [0.05, 0.1) is 39.9 Å². The van der Waals surface area contributed by atoms with Crippen LogP contribution in [0.15, 0.2) is 12.2 Å². The van der Waals surface area contributed by atoms with Gasteiger partial charge in [0, 0.05) is 6.42 Å². The minimum absolute atomic E-state index is 0. The maximum Gasteiger partial charge on any atom is 1.00 e. The van der Waals surface area contributed by atoms with Crippen LogP contribution in [0.5, 0.6) is 0 Å². The molecule has 57 heavy (non-hydrogen) atoms. The van der Waals surface area contributed by atoms with E-state index in [2.05, 4.69) is 31.3 Å². The number of unbranched alkanes of at least 4 members (excludes halogenated alkanes) is 29. The fraction of sp³-hybridized carbons (Fsp3) is 0.936. The molecule has 0 heterocycles. The van der Waals surface area contributed by atoms with Crippen LogP contribution in [0.2, 0.25) is 0 Å². The Labute approximate surface area is 376 Å². The number of allylic oxidation sites excluding steroid dienone is 2. The molecule has 3 atom stereocenters. The van der Waals surface area contributed by atoms with Crippen LogP contribution in [0.4, 0.5) is 0 Å². The quantitative estimate of drug-likeness (QED) is 0.0208. The molecule has 0 aromatic carbocycles. The summed E-state index contributed by atoms with van der Waals surface area (Å²) in [5.41, 5.74) is 0. The molecule has 334 valence electrons. The normalized spacial score (nSPS) is 14.1. The predicted octanol–water partition coefficient (Wildman–Crippen LogP) is 9.90. The summed E-state index contributed by atoms with van der Waals surface area (Å²) < 4.78 is 23.3. The Morgan fingerprint density at radius 2 is 0.982 bits per heavy atom. The third-order valence-electron chi connectivity index (χ3n) is 11.0. The molecule has 0 aromatic heterocycles. The van der Waals surface area contributed by atoms with Crippen molar-refractivity contribution in [2.24, 2.45) is 0 Å². The van der Waals surface area contributed by atoms with Gasteiger partial charge in [0.15, 0.2) is 0 Å². The SMILES string of the molecule is CCCCCCCC/C=C\CCCCCCCCCCCCCC(=O)NC(COP(=O)([O-])OCC[N+](C)(C)C)C(O)CCCCCCCCCCCCCCC.[Na+]. The number of aliphatic hydroxyl groups excluding tert-OH is 1. The van der Waals surface area contributed by atoms with E-state index in [9.17, 15) is 19.4 Å². The number of rotatable bonds is 44. The van der Waals surface area contributed by atoms with Gasteiger partial charge < -0.3 is 28.8 Å². The second kappa shape index (κ2) is 42.9. The molecule has 0 aromatic rings. The first-order valence-electron chi connectivity index (χ1n) is 24.0. The molecule has 0 bridgehead atoms. The van der Waals surface area contributed by atoms with Gasteiger partial charge in [-0.15, -0.1) is 0 Å². The van der Waals surface area contributed by atoms with E-state index in [-0.39, 0.29) is 48.7 Å². The van der Waals surface area contributed by atoms with Crippen molar-refractivity contribution in [1.82, 2.24) is 5.32 Å². The Morgan fingerprint density at radius 3 is 1.39 bits per heavy atom. The fourth-order valence-electron chi connectivity index (χ4n) is 7.15. The topological polar surface area (TPSA) is 108 Å². The molecule has 3 unspecified atom stereocenters. The number of aliphatic hydroxyl groups is 1. The van der Waals surface area contributed by atoms with Crippen molar-refractivity contribution in [3.05, 3.63) is 12.2 Å². The van der Waals surface area contributed by atoms with E-state index in [1.165, 1.54) is 167 Å². The van der Waals surface area contributed by atoms with Gasteiger partial charge in [-0.3, -0.25) is 9.36 Å². The minimum atomic E-state index is -4.56. The predicted molar refractivity (Wildman–Crippen MR) is 238 cm³/mol. The zero-order valence-electron chi connectivity index (χ0n) is 38.9. The van der Waals surface area contributed by atoms with Gasteiger partial charge in [0.25, 0.3) is 7.82 Å². The smallest absolute Gasteiger partial charge is 0.756 e. The number of quaternary nitrogens is 1. The summed E-state index contributed by atoms with van der Waals surface area (Å²) in [6, 6.07) is -0.796. The van der Waals surface area contributed by atoms with Crippen LogP contribution < -0.4 is 39.8 Å². The molecule has 0 saturated carbocycles. The largest absolute Gasteiger partial charge is 1.00 e. The van der Waals surface area contributed by atoms with Crippen molar-refractivity contribution < 1.29 is 62.4 Å². The van der Waals surface area contributed by atoms with E-state index in [1.54, 1.807) is 0 Å². The van der Waals surface area contributed by atoms with Crippen LogP contribution in [0, 0.1) is 0 Å². The van der Waals surface area contributed by atoms with Gasteiger partial charge >= 0.3 is 29.6 Å². The zero-order chi connectivity index (χ0) is 41.4. The molecule has 0 aliphatic heterocycles. The molecule has 1 amide bonds. The number of hydrogen-bond donors (Lipinski definition) is 2. The monoisotopic (exact) mass is 838 g/mol. The summed E-state index contributed by atoms with van der Waals surface area (Å²) in [6.45, 7) is 4.73. The molecule has 0 aliphatic carbocycles. The van der Waals surface area contributed by atoms with Gasteiger partial charge in [0.2, 0.25) is 5.91 Å². The Bertz CT molecular complexity index is 934. The summed E-state index contributed by atoms with van der Waals surface area (Å²) in [5, 5.41) is 13.9. The van der Waals surface area contributed by atoms with Crippen molar-refractivity contribution in [3.63, 3.8) is 0 Å². The summed E-state index contributed by atoms with van der Waals surface area (Å²) in [7, 11) is 1.31. The van der Waals surface area contributed by atoms with Crippen LogP contribution in [0.25, 0.3) is 0 Å². The number of likely N-dealkylation sites (N-methyl/N-ethyl adjacent to an activating group) is 1. The minimum Gasteiger partial charge on any atom is -0.756 e.